The zero-order valence-electron chi connectivity index (χ0n) is 9.80. The number of rotatable bonds is 2. The van der Waals surface area contributed by atoms with Gasteiger partial charge in [-0.3, -0.25) is 5.41 Å². The molecule has 1 aromatic heterocycles. The Morgan fingerprint density at radius 3 is 2.83 bits per heavy atom. The normalized spacial score (nSPS) is 13.4. The highest BCUT2D eigenvalue weighted by atomic mass is 15.2. The lowest BCUT2D eigenvalue weighted by Gasteiger charge is -2.19. The highest BCUT2D eigenvalue weighted by molar-refractivity contribution is 5.98. The van der Waals surface area contributed by atoms with Gasteiger partial charge in [-0.2, -0.15) is 0 Å². The maximum Gasteiger partial charge on any atom is 0.162 e. The Bertz CT molecular complexity index is 608. The number of fused-ring (bicyclic) bond motifs is 1. The molecule has 1 aliphatic heterocycles. The Morgan fingerprint density at radius 2 is 2.00 bits per heavy atom. The van der Waals surface area contributed by atoms with Gasteiger partial charge in [0, 0.05) is 24.6 Å². The molecule has 0 amide bonds. The minimum absolute atomic E-state index is 0.0533. The number of amidine groups is 1. The number of nitrogens with one attached hydrogen (secondary N) is 1. The van der Waals surface area contributed by atoms with Gasteiger partial charge < -0.3 is 10.6 Å². The Labute approximate surface area is 105 Å². The Kier molecular flexibility index (Phi) is 2.44. The van der Waals surface area contributed by atoms with Crippen LogP contribution in [0, 0.1) is 5.41 Å². The van der Waals surface area contributed by atoms with Gasteiger partial charge in [0.25, 0.3) is 0 Å². The monoisotopic (exact) mass is 239 g/mol. The summed E-state index contributed by atoms with van der Waals surface area (Å²) in [4.78, 5) is 10.5. The topological polar surface area (TPSA) is 78.9 Å². The molecule has 5 heteroatoms. The average molecular weight is 239 g/mol. The number of aromatic nitrogens is 2. The van der Waals surface area contributed by atoms with Crippen LogP contribution in [-0.2, 0) is 6.42 Å². The van der Waals surface area contributed by atoms with Gasteiger partial charge in [0.05, 0.1) is 0 Å². The molecule has 1 aromatic carbocycles. The first kappa shape index (κ1) is 10.7. The van der Waals surface area contributed by atoms with Crippen LogP contribution in [0.5, 0.6) is 0 Å². The van der Waals surface area contributed by atoms with Crippen LogP contribution in [0.1, 0.15) is 11.3 Å². The number of nitrogen functional groups attached to an aromatic ring is 1. The van der Waals surface area contributed by atoms with Crippen molar-refractivity contribution < 1.29 is 0 Å². The van der Waals surface area contributed by atoms with Crippen molar-refractivity contribution in [1.29, 1.82) is 5.41 Å². The van der Waals surface area contributed by atoms with E-state index in [4.69, 9.17) is 11.1 Å². The summed E-state index contributed by atoms with van der Waals surface area (Å²) >= 11 is 0. The van der Waals surface area contributed by atoms with E-state index in [-0.39, 0.29) is 5.84 Å². The summed E-state index contributed by atoms with van der Waals surface area (Å²) in [6, 6.07) is 8.20. The fraction of sp³-hybridized carbons (Fsp3) is 0.154. The van der Waals surface area contributed by atoms with Crippen molar-refractivity contribution >= 4 is 17.3 Å². The van der Waals surface area contributed by atoms with Crippen molar-refractivity contribution in [3.63, 3.8) is 0 Å². The molecule has 3 rings (SSSR count). The second-order valence-electron chi connectivity index (χ2n) is 4.17. The highest BCUT2D eigenvalue weighted by Gasteiger charge is 2.24. The van der Waals surface area contributed by atoms with Crippen LogP contribution in [-0.4, -0.2) is 22.3 Å². The fourth-order valence-corrected chi connectivity index (χ4v) is 2.28. The Morgan fingerprint density at radius 1 is 1.22 bits per heavy atom. The van der Waals surface area contributed by atoms with E-state index in [0.717, 1.165) is 18.7 Å². The first-order valence-corrected chi connectivity index (χ1v) is 5.78. The fourth-order valence-electron chi connectivity index (χ4n) is 2.28. The summed E-state index contributed by atoms with van der Waals surface area (Å²) < 4.78 is 0. The first-order valence-electron chi connectivity index (χ1n) is 5.78. The lowest BCUT2D eigenvalue weighted by molar-refractivity contribution is 0.959. The second kappa shape index (κ2) is 4.10. The van der Waals surface area contributed by atoms with E-state index < -0.39 is 0 Å². The van der Waals surface area contributed by atoms with Crippen LogP contribution < -0.4 is 10.6 Å². The van der Waals surface area contributed by atoms with E-state index >= 15 is 0 Å². The summed E-state index contributed by atoms with van der Waals surface area (Å²) in [6.45, 7) is 0.846. The Hall–Kier alpha value is -2.43. The van der Waals surface area contributed by atoms with Gasteiger partial charge >= 0.3 is 0 Å². The van der Waals surface area contributed by atoms with Gasteiger partial charge in [-0.05, 0) is 18.1 Å². The van der Waals surface area contributed by atoms with E-state index in [1.54, 1.807) is 12.4 Å². The number of nitrogens with zero attached hydrogens (tertiary/aromatic N) is 3. The largest absolute Gasteiger partial charge is 0.382 e. The third kappa shape index (κ3) is 1.60. The lowest BCUT2D eigenvalue weighted by Crippen LogP contribution is -2.22. The molecule has 0 saturated heterocycles. The van der Waals surface area contributed by atoms with Crippen LogP contribution in [0.25, 0.3) is 0 Å². The molecule has 0 unspecified atom stereocenters. The molecule has 90 valence electrons. The molecule has 1 aliphatic rings. The minimum Gasteiger partial charge on any atom is -0.382 e. The molecule has 0 spiro atoms. The number of para-hydroxylation sites is 1. The van der Waals surface area contributed by atoms with Crippen molar-refractivity contribution in [2.75, 3.05) is 11.4 Å². The van der Waals surface area contributed by atoms with Crippen LogP contribution in [0.3, 0.4) is 0 Å². The number of hydrogen-bond acceptors (Lipinski definition) is 4. The molecular weight excluding hydrogens is 226 g/mol. The van der Waals surface area contributed by atoms with Gasteiger partial charge in [0.1, 0.15) is 11.5 Å². The minimum atomic E-state index is -0.0533. The van der Waals surface area contributed by atoms with Crippen LogP contribution in [0.15, 0.2) is 36.7 Å². The van der Waals surface area contributed by atoms with Gasteiger partial charge in [-0.25, -0.2) is 9.97 Å². The zero-order chi connectivity index (χ0) is 12.5. The van der Waals surface area contributed by atoms with Crippen molar-refractivity contribution in [3.05, 3.63) is 47.9 Å². The molecule has 0 atom stereocenters. The predicted molar refractivity (Wildman–Crippen MR) is 70.2 cm³/mol. The van der Waals surface area contributed by atoms with Gasteiger partial charge in [-0.15, -0.1) is 0 Å². The van der Waals surface area contributed by atoms with Crippen LogP contribution in [0.2, 0.25) is 0 Å². The molecule has 0 bridgehead atoms. The quantitative estimate of drug-likeness (QED) is 0.614. The first-order chi connectivity index (χ1) is 8.77. The third-order valence-corrected chi connectivity index (χ3v) is 3.08. The molecule has 0 aliphatic carbocycles. The second-order valence-corrected chi connectivity index (χ2v) is 4.17. The standard InChI is InChI=1S/C13H13N5/c14-12(15)11-13(17-7-6-16-11)18-8-5-9-3-1-2-4-10(9)18/h1-4,6-7H,5,8H2,(H3,14,15). The number of benzene rings is 1. The van der Waals surface area contributed by atoms with E-state index in [9.17, 15) is 0 Å². The van der Waals surface area contributed by atoms with Crippen LogP contribution >= 0.6 is 0 Å². The van der Waals surface area contributed by atoms with Crippen LogP contribution in [0.4, 0.5) is 11.5 Å². The van der Waals surface area contributed by atoms with Crippen molar-refractivity contribution in [2.24, 2.45) is 5.73 Å². The van der Waals surface area contributed by atoms with E-state index in [2.05, 4.69) is 27.0 Å². The molecular formula is C13H13N5. The molecule has 5 nitrogen and oxygen atoms in total. The average Bonchev–Trinajstić information content (AvgIpc) is 2.82. The predicted octanol–water partition coefficient (Wildman–Crippen LogP) is 1.45. The third-order valence-electron chi connectivity index (χ3n) is 3.08. The number of nitrogens with two attached hydrogens (primary N) is 1. The Balaban J connectivity index is 2.10. The highest BCUT2D eigenvalue weighted by Crippen LogP contribution is 2.33. The van der Waals surface area contributed by atoms with Crippen molar-refractivity contribution in [2.45, 2.75) is 6.42 Å². The van der Waals surface area contributed by atoms with E-state index in [1.165, 1.54) is 5.56 Å². The molecule has 3 N–H and O–H groups in total. The molecule has 0 saturated carbocycles. The molecule has 0 fully saturated rings. The molecule has 18 heavy (non-hydrogen) atoms. The van der Waals surface area contributed by atoms with Crippen molar-refractivity contribution in [1.82, 2.24) is 9.97 Å². The summed E-state index contributed by atoms with van der Waals surface area (Å²) in [5.74, 6) is 0.609. The smallest absolute Gasteiger partial charge is 0.162 e. The molecule has 0 radical (unpaired) electrons. The number of anilines is 2. The summed E-state index contributed by atoms with van der Waals surface area (Å²) in [5, 5.41) is 7.57. The maximum atomic E-state index is 7.57. The SMILES string of the molecule is N=C(N)c1nccnc1N1CCc2ccccc21. The number of hydrogen-bond donors (Lipinski definition) is 2. The summed E-state index contributed by atoms with van der Waals surface area (Å²) in [7, 11) is 0. The summed E-state index contributed by atoms with van der Waals surface area (Å²) in [6.07, 6.45) is 4.16. The lowest BCUT2D eigenvalue weighted by atomic mass is 10.2. The zero-order valence-corrected chi connectivity index (χ0v) is 9.80. The van der Waals surface area contributed by atoms with Gasteiger partial charge in [0.15, 0.2) is 5.82 Å². The van der Waals surface area contributed by atoms with E-state index in [1.807, 2.05) is 12.1 Å². The molecule has 2 heterocycles. The van der Waals surface area contributed by atoms with Gasteiger partial charge in [0.2, 0.25) is 0 Å². The van der Waals surface area contributed by atoms with Crippen molar-refractivity contribution in [3.8, 4) is 0 Å². The maximum absolute atomic E-state index is 7.57. The molecule has 2 aromatic rings. The summed E-state index contributed by atoms with van der Waals surface area (Å²) in [5.41, 5.74) is 8.41. The van der Waals surface area contributed by atoms with Gasteiger partial charge in [-0.1, -0.05) is 18.2 Å². The van der Waals surface area contributed by atoms with E-state index in [0.29, 0.717) is 11.5 Å².